The smallest absolute Gasteiger partial charge is 0.187 e. The molecule has 0 aromatic rings. The summed E-state index contributed by atoms with van der Waals surface area (Å²) >= 11 is 0. The number of aliphatic hydroxyl groups is 9. The van der Waals surface area contributed by atoms with Gasteiger partial charge in [-0.3, -0.25) is 0 Å². The summed E-state index contributed by atoms with van der Waals surface area (Å²) < 4.78 is 15.3. The fraction of sp³-hybridized carbons (Fsp3) is 1.00. The predicted molar refractivity (Wildman–Crippen MR) is 81.4 cm³/mol. The Balaban J connectivity index is 0.00000105. The molecule has 156 valence electrons. The maximum Gasteiger partial charge on any atom is 0.187 e. The number of hydrogen-bond acceptors (Lipinski definition) is 12. The average Bonchev–Trinajstić information content (AvgIpc) is 2.62. The second kappa shape index (κ2) is 10.8. The first kappa shape index (κ1) is 23.6. The summed E-state index contributed by atoms with van der Waals surface area (Å²) in [5, 5.41) is 84.1. The fourth-order valence-electron chi connectivity index (χ4n) is 2.57. The van der Waals surface area contributed by atoms with Crippen molar-refractivity contribution in [2.24, 2.45) is 0 Å². The molecule has 0 spiro atoms. The van der Waals surface area contributed by atoms with E-state index in [4.69, 9.17) is 24.4 Å². The van der Waals surface area contributed by atoms with Gasteiger partial charge in [0.2, 0.25) is 0 Å². The van der Waals surface area contributed by atoms with Crippen molar-refractivity contribution in [2.75, 3.05) is 19.8 Å². The molecule has 26 heavy (non-hydrogen) atoms. The van der Waals surface area contributed by atoms with E-state index in [1.165, 1.54) is 0 Å². The second-order valence-corrected chi connectivity index (χ2v) is 5.84. The standard InChI is InChI=1S/C12H22O11.C2H6O/c13-1-3-5(15)6(16)9(19)12(22-3)23-10-4(2-14)21-11(20)8(18)7(10)17;1-2-3/h3-20H,1-2H2;3H,2H2,1H3/t3-,4-,5+,6+,7-,8-,9-,10-,11?,12+;/m1./s1. The third kappa shape index (κ3) is 5.28. The van der Waals surface area contributed by atoms with Gasteiger partial charge in [-0.1, -0.05) is 0 Å². The van der Waals surface area contributed by atoms with E-state index in [-0.39, 0.29) is 6.61 Å². The Kier molecular flexibility index (Phi) is 9.74. The van der Waals surface area contributed by atoms with Crippen LogP contribution >= 0.6 is 0 Å². The monoisotopic (exact) mass is 388 g/mol. The van der Waals surface area contributed by atoms with Gasteiger partial charge in [0.05, 0.1) is 13.2 Å². The first-order valence-electron chi connectivity index (χ1n) is 8.10. The fourth-order valence-corrected chi connectivity index (χ4v) is 2.57. The molecular formula is C14H28O12. The largest absolute Gasteiger partial charge is 0.397 e. The zero-order chi connectivity index (χ0) is 20.0. The van der Waals surface area contributed by atoms with Crippen LogP contribution < -0.4 is 0 Å². The molecule has 0 bridgehead atoms. The minimum Gasteiger partial charge on any atom is -0.397 e. The molecule has 0 saturated carbocycles. The highest BCUT2D eigenvalue weighted by Gasteiger charge is 2.50. The van der Waals surface area contributed by atoms with Crippen molar-refractivity contribution in [1.29, 1.82) is 0 Å². The van der Waals surface area contributed by atoms with Gasteiger partial charge in [0.15, 0.2) is 12.6 Å². The molecule has 12 nitrogen and oxygen atoms in total. The van der Waals surface area contributed by atoms with E-state index in [2.05, 4.69) is 0 Å². The van der Waals surface area contributed by atoms with Crippen LogP contribution in [0.1, 0.15) is 6.92 Å². The zero-order valence-corrected chi connectivity index (χ0v) is 14.1. The number of rotatable bonds is 4. The molecule has 2 heterocycles. The minimum atomic E-state index is -1.74. The van der Waals surface area contributed by atoms with E-state index in [9.17, 15) is 35.7 Å². The molecule has 0 aromatic carbocycles. The summed E-state index contributed by atoms with van der Waals surface area (Å²) in [6.07, 6.45) is -15.6. The molecule has 12 heteroatoms. The van der Waals surface area contributed by atoms with Crippen LogP contribution in [0.5, 0.6) is 0 Å². The van der Waals surface area contributed by atoms with Gasteiger partial charge in [-0.15, -0.1) is 0 Å². The van der Waals surface area contributed by atoms with Crippen molar-refractivity contribution < 1.29 is 60.2 Å². The summed E-state index contributed by atoms with van der Waals surface area (Å²) in [5.74, 6) is 0. The van der Waals surface area contributed by atoms with Crippen molar-refractivity contribution in [3.05, 3.63) is 0 Å². The molecule has 2 aliphatic rings. The molecule has 2 saturated heterocycles. The van der Waals surface area contributed by atoms with Crippen LogP contribution in [0, 0.1) is 0 Å². The molecule has 9 N–H and O–H groups in total. The first-order valence-corrected chi connectivity index (χ1v) is 8.10. The van der Waals surface area contributed by atoms with Gasteiger partial charge in [0.1, 0.15) is 48.8 Å². The maximum atomic E-state index is 9.94. The summed E-state index contributed by atoms with van der Waals surface area (Å²) in [6.45, 7) is 0.586. The van der Waals surface area contributed by atoms with Crippen LogP contribution in [0.3, 0.4) is 0 Å². The maximum absolute atomic E-state index is 9.94. The lowest BCUT2D eigenvalue weighted by atomic mass is 9.97. The summed E-state index contributed by atoms with van der Waals surface area (Å²) in [5.41, 5.74) is 0. The van der Waals surface area contributed by atoms with E-state index in [1.54, 1.807) is 6.92 Å². The molecule has 0 aromatic heterocycles. The van der Waals surface area contributed by atoms with Crippen molar-refractivity contribution >= 4 is 0 Å². The van der Waals surface area contributed by atoms with Crippen molar-refractivity contribution in [2.45, 2.75) is 68.3 Å². The van der Waals surface area contributed by atoms with E-state index in [0.29, 0.717) is 0 Å². The Morgan fingerprint density at radius 3 is 1.73 bits per heavy atom. The molecule has 0 amide bonds. The topological polar surface area (TPSA) is 210 Å². The van der Waals surface area contributed by atoms with Crippen molar-refractivity contribution in [1.82, 2.24) is 0 Å². The van der Waals surface area contributed by atoms with E-state index in [1.807, 2.05) is 0 Å². The lowest BCUT2D eigenvalue weighted by Crippen LogP contribution is -2.64. The van der Waals surface area contributed by atoms with Gasteiger partial charge in [-0.05, 0) is 6.92 Å². The first-order chi connectivity index (χ1) is 12.2. The van der Waals surface area contributed by atoms with Gasteiger partial charge in [-0.2, -0.15) is 0 Å². The number of ether oxygens (including phenoxy) is 3. The Morgan fingerprint density at radius 1 is 0.692 bits per heavy atom. The van der Waals surface area contributed by atoms with Gasteiger partial charge < -0.3 is 60.2 Å². The third-order valence-corrected chi connectivity index (χ3v) is 3.98. The quantitative estimate of drug-likeness (QED) is 0.221. The highest BCUT2D eigenvalue weighted by atomic mass is 16.7. The molecule has 2 fully saturated rings. The summed E-state index contributed by atoms with van der Waals surface area (Å²) in [6, 6.07) is 0. The van der Waals surface area contributed by atoms with E-state index < -0.39 is 74.6 Å². The SMILES string of the molecule is CCO.OC[C@H]1O[C@@H](O[C@H]2[C@H](O)[C@@H](O)C(O)O[C@@H]2CO)[C@H](O)[C@@H](O)[C@H]1O. The van der Waals surface area contributed by atoms with Crippen LogP contribution in [0.4, 0.5) is 0 Å². The van der Waals surface area contributed by atoms with Crippen LogP contribution in [-0.2, 0) is 14.2 Å². The Bertz CT molecular complexity index is 394. The normalized spacial score (nSPS) is 46.4. The number of aliphatic hydroxyl groups excluding tert-OH is 9. The second-order valence-electron chi connectivity index (χ2n) is 5.84. The third-order valence-electron chi connectivity index (χ3n) is 3.98. The Labute approximate surface area is 149 Å². The summed E-state index contributed by atoms with van der Waals surface area (Å²) in [4.78, 5) is 0. The molecule has 2 aliphatic heterocycles. The predicted octanol–water partition coefficient (Wildman–Crippen LogP) is -5.40. The molecule has 0 radical (unpaired) electrons. The van der Waals surface area contributed by atoms with Crippen molar-refractivity contribution in [3.63, 3.8) is 0 Å². The van der Waals surface area contributed by atoms with Crippen LogP contribution in [0.15, 0.2) is 0 Å². The molecular weight excluding hydrogens is 360 g/mol. The highest BCUT2D eigenvalue weighted by Crippen LogP contribution is 2.28. The Hall–Kier alpha value is -0.480. The number of hydrogen-bond donors (Lipinski definition) is 9. The molecule has 1 unspecified atom stereocenters. The molecule has 2 rings (SSSR count). The zero-order valence-electron chi connectivity index (χ0n) is 14.1. The molecule has 10 atom stereocenters. The van der Waals surface area contributed by atoms with Crippen LogP contribution in [0.2, 0.25) is 0 Å². The minimum absolute atomic E-state index is 0.250. The van der Waals surface area contributed by atoms with Crippen molar-refractivity contribution in [3.8, 4) is 0 Å². The van der Waals surface area contributed by atoms with Gasteiger partial charge >= 0.3 is 0 Å². The van der Waals surface area contributed by atoms with Gasteiger partial charge in [0.25, 0.3) is 0 Å². The van der Waals surface area contributed by atoms with Gasteiger partial charge in [-0.25, -0.2) is 0 Å². The van der Waals surface area contributed by atoms with Crippen LogP contribution in [-0.4, -0.2) is 127 Å². The average molecular weight is 388 g/mol. The lowest BCUT2D eigenvalue weighted by molar-refractivity contribution is -0.355. The lowest BCUT2D eigenvalue weighted by Gasteiger charge is -2.45. The van der Waals surface area contributed by atoms with E-state index in [0.717, 1.165) is 0 Å². The van der Waals surface area contributed by atoms with Crippen LogP contribution in [0.25, 0.3) is 0 Å². The summed E-state index contributed by atoms with van der Waals surface area (Å²) in [7, 11) is 0. The van der Waals surface area contributed by atoms with Gasteiger partial charge in [0, 0.05) is 6.61 Å². The highest BCUT2D eigenvalue weighted by molar-refractivity contribution is 4.93. The Morgan fingerprint density at radius 2 is 1.23 bits per heavy atom. The van der Waals surface area contributed by atoms with E-state index >= 15 is 0 Å². The molecule has 0 aliphatic carbocycles.